The second kappa shape index (κ2) is 2.85. The lowest BCUT2D eigenvalue weighted by Gasteiger charge is -2.17. The van der Waals surface area contributed by atoms with E-state index in [1.807, 2.05) is 0 Å². The van der Waals surface area contributed by atoms with Gasteiger partial charge in [0.1, 0.15) is 5.82 Å². The van der Waals surface area contributed by atoms with Crippen molar-refractivity contribution in [2.45, 2.75) is 33.1 Å². The Morgan fingerprint density at radius 3 is 2.33 bits per heavy atom. The van der Waals surface area contributed by atoms with E-state index in [0.29, 0.717) is 5.56 Å². The molecule has 0 amide bonds. The maximum atomic E-state index is 12.8. The Morgan fingerprint density at radius 1 is 1.33 bits per heavy atom. The van der Waals surface area contributed by atoms with Gasteiger partial charge in [-0.2, -0.15) is 0 Å². The lowest BCUT2D eigenvalue weighted by molar-refractivity contribution is 0.554. The molecule has 0 saturated heterocycles. The number of hydrogen-bond acceptors (Lipinski definition) is 1. The Bertz CT molecular complexity index is 286. The van der Waals surface area contributed by atoms with Crippen LogP contribution in [0.5, 0.6) is 0 Å². The van der Waals surface area contributed by atoms with E-state index < -0.39 is 0 Å². The lowest BCUT2D eigenvalue weighted by atomic mass is 9.91. The maximum Gasteiger partial charge on any atom is 0.144 e. The van der Waals surface area contributed by atoms with E-state index in [0.717, 1.165) is 5.69 Å². The summed E-state index contributed by atoms with van der Waals surface area (Å²) in [6.45, 7) is 7.94. The molecule has 0 aliphatic rings. The van der Waals surface area contributed by atoms with Gasteiger partial charge in [-0.1, -0.05) is 20.8 Å². The minimum atomic E-state index is -0.233. The molecule has 1 nitrogen and oxygen atoms in total. The second-order valence-corrected chi connectivity index (χ2v) is 4.07. The van der Waals surface area contributed by atoms with Crippen LogP contribution < -0.4 is 0 Å². The van der Waals surface area contributed by atoms with Crippen LogP contribution >= 0.6 is 0 Å². The smallest absolute Gasteiger partial charge is 0.144 e. The van der Waals surface area contributed by atoms with Gasteiger partial charge in [-0.3, -0.25) is 4.98 Å². The Labute approximate surface area is 72.6 Å². The van der Waals surface area contributed by atoms with Crippen molar-refractivity contribution in [3.63, 3.8) is 0 Å². The fraction of sp³-hybridized carbons (Fsp3) is 0.500. The van der Waals surface area contributed by atoms with Gasteiger partial charge < -0.3 is 0 Å². The van der Waals surface area contributed by atoms with Crippen molar-refractivity contribution >= 4 is 0 Å². The van der Waals surface area contributed by atoms with E-state index >= 15 is 0 Å². The largest absolute Gasteiger partial charge is 0.258 e. The predicted octanol–water partition coefficient (Wildman–Crippen LogP) is 2.83. The zero-order valence-corrected chi connectivity index (χ0v) is 7.98. The fourth-order valence-corrected chi connectivity index (χ4v) is 0.949. The van der Waals surface area contributed by atoms with Crippen molar-refractivity contribution in [2.75, 3.05) is 0 Å². The highest BCUT2D eigenvalue weighted by Crippen LogP contribution is 2.21. The maximum absolute atomic E-state index is 12.8. The Kier molecular flexibility index (Phi) is 2.18. The topological polar surface area (TPSA) is 12.9 Å². The monoisotopic (exact) mass is 167 g/mol. The second-order valence-electron chi connectivity index (χ2n) is 4.07. The molecule has 1 aromatic heterocycles. The summed E-state index contributed by atoms with van der Waals surface area (Å²) in [7, 11) is 0. The van der Waals surface area contributed by atoms with Crippen LogP contribution in [0.15, 0.2) is 12.3 Å². The number of aromatic nitrogens is 1. The SMILES string of the molecule is Cc1cc(C(C)(C)C)ncc1F. The number of nitrogens with zero attached hydrogens (tertiary/aromatic N) is 1. The average molecular weight is 167 g/mol. The molecule has 0 unspecified atom stereocenters. The summed E-state index contributed by atoms with van der Waals surface area (Å²) in [6.07, 6.45) is 1.29. The van der Waals surface area contributed by atoms with Crippen molar-refractivity contribution in [2.24, 2.45) is 0 Å². The first-order chi connectivity index (χ1) is 5.41. The molecule has 0 fully saturated rings. The molecule has 1 aromatic rings. The van der Waals surface area contributed by atoms with Crippen LogP contribution in [-0.2, 0) is 5.41 Å². The third-order valence-corrected chi connectivity index (χ3v) is 1.82. The summed E-state index contributed by atoms with van der Waals surface area (Å²) in [5.41, 5.74) is 1.59. The van der Waals surface area contributed by atoms with E-state index in [9.17, 15) is 4.39 Å². The molecule has 12 heavy (non-hydrogen) atoms. The van der Waals surface area contributed by atoms with Crippen LogP contribution in [0, 0.1) is 12.7 Å². The van der Waals surface area contributed by atoms with Crippen LogP contribution in [0.1, 0.15) is 32.0 Å². The molecule has 0 spiro atoms. The zero-order valence-electron chi connectivity index (χ0n) is 7.98. The van der Waals surface area contributed by atoms with E-state index in [1.54, 1.807) is 13.0 Å². The van der Waals surface area contributed by atoms with Crippen LogP contribution in [0.25, 0.3) is 0 Å². The summed E-state index contributed by atoms with van der Waals surface area (Å²) >= 11 is 0. The Hall–Kier alpha value is -0.920. The molecule has 0 aliphatic carbocycles. The number of hydrogen-bond donors (Lipinski definition) is 0. The molecule has 0 N–H and O–H groups in total. The molecular formula is C10H14FN. The minimum Gasteiger partial charge on any atom is -0.258 e. The number of aryl methyl sites for hydroxylation is 1. The molecule has 0 aromatic carbocycles. The highest BCUT2D eigenvalue weighted by Gasteiger charge is 2.15. The summed E-state index contributed by atoms with van der Waals surface area (Å²) in [5, 5.41) is 0. The average Bonchev–Trinajstić information content (AvgIpc) is 1.92. The van der Waals surface area contributed by atoms with Crippen molar-refractivity contribution in [1.29, 1.82) is 0 Å². The quantitative estimate of drug-likeness (QED) is 0.579. The third kappa shape index (κ3) is 1.81. The first kappa shape index (κ1) is 9.17. The highest BCUT2D eigenvalue weighted by atomic mass is 19.1. The van der Waals surface area contributed by atoms with Crippen molar-refractivity contribution < 1.29 is 4.39 Å². The van der Waals surface area contributed by atoms with E-state index in [-0.39, 0.29) is 11.2 Å². The van der Waals surface area contributed by atoms with Crippen molar-refractivity contribution in [3.05, 3.63) is 29.3 Å². The number of halogens is 1. The molecular weight excluding hydrogens is 153 g/mol. The van der Waals surface area contributed by atoms with Gasteiger partial charge in [-0.05, 0) is 18.6 Å². The summed E-state index contributed by atoms with van der Waals surface area (Å²) in [6, 6.07) is 1.80. The van der Waals surface area contributed by atoms with E-state index in [1.165, 1.54) is 6.20 Å². The molecule has 66 valence electrons. The molecule has 0 saturated carbocycles. The van der Waals surface area contributed by atoms with Gasteiger partial charge >= 0.3 is 0 Å². The standard InChI is InChI=1S/C10H14FN/c1-7-5-9(10(2,3)4)12-6-8(7)11/h5-6H,1-4H3. The molecule has 0 atom stereocenters. The molecule has 1 rings (SSSR count). The fourth-order valence-electron chi connectivity index (χ4n) is 0.949. The normalized spacial score (nSPS) is 11.8. The highest BCUT2D eigenvalue weighted by molar-refractivity contribution is 5.21. The van der Waals surface area contributed by atoms with Gasteiger partial charge in [0.25, 0.3) is 0 Å². The van der Waals surface area contributed by atoms with Crippen molar-refractivity contribution in [1.82, 2.24) is 4.98 Å². The third-order valence-electron chi connectivity index (χ3n) is 1.82. The first-order valence-corrected chi connectivity index (χ1v) is 4.04. The van der Waals surface area contributed by atoms with Gasteiger partial charge in [0, 0.05) is 11.1 Å². The van der Waals surface area contributed by atoms with Gasteiger partial charge in [0.2, 0.25) is 0 Å². The van der Waals surface area contributed by atoms with Gasteiger partial charge in [-0.15, -0.1) is 0 Å². The first-order valence-electron chi connectivity index (χ1n) is 4.04. The summed E-state index contributed by atoms with van der Waals surface area (Å²) < 4.78 is 12.8. The van der Waals surface area contributed by atoms with Gasteiger partial charge in [-0.25, -0.2) is 4.39 Å². The zero-order chi connectivity index (χ0) is 9.35. The lowest BCUT2D eigenvalue weighted by Crippen LogP contribution is -2.13. The number of rotatable bonds is 0. The summed E-state index contributed by atoms with van der Waals surface area (Å²) in [5.74, 6) is -0.233. The van der Waals surface area contributed by atoms with Crippen LogP contribution in [0.4, 0.5) is 4.39 Å². The predicted molar refractivity (Wildman–Crippen MR) is 47.6 cm³/mol. The van der Waals surface area contributed by atoms with Crippen LogP contribution in [0.2, 0.25) is 0 Å². The van der Waals surface area contributed by atoms with Crippen LogP contribution in [0.3, 0.4) is 0 Å². The molecule has 0 radical (unpaired) electrons. The Balaban J connectivity index is 3.14. The minimum absolute atomic E-state index is 0.00153. The van der Waals surface area contributed by atoms with Crippen molar-refractivity contribution in [3.8, 4) is 0 Å². The molecule has 2 heteroatoms. The van der Waals surface area contributed by atoms with Crippen LogP contribution in [-0.4, -0.2) is 4.98 Å². The number of pyridine rings is 1. The summed E-state index contributed by atoms with van der Waals surface area (Å²) in [4.78, 5) is 4.04. The molecule has 1 heterocycles. The molecule has 0 aliphatic heterocycles. The van der Waals surface area contributed by atoms with E-state index in [2.05, 4.69) is 25.8 Å². The van der Waals surface area contributed by atoms with Gasteiger partial charge in [0.05, 0.1) is 6.20 Å². The molecule has 0 bridgehead atoms. The van der Waals surface area contributed by atoms with E-state index in [4.69, 9.17) is 0 Å². The van der Waals surface area contributed by atoms with Gasteiger partial charge in [0.15, 0.2) is 0 Å². The Morgan fingerprint density at radius 2 is 1.92 bits per heavy atom.